The van der Waals surface area contributed by atoms with Crippen LogP contribution in [0.5, 0.6) is 0 Å². The third-order valence-corrected chi connectivity index (χ3v) is 2.48. The molecule has 1 radical (unpaired) electrons. The van der Waals surface area contributed by atoms with Gasteiger partial charge in [-0.2, -0.15) is 4.37 Å². The molecule has 2 nitrogen and oxygen atoms in total. The molecule has 0 N–H and O–H groups in total. The van der Waals surface area contributed by atoms with Crippen LogP contribution in [-0.4, -0.2) is 11.4 Å². The average molecular weight is 203 g/mol. The van der Waals surface area contributed by atoms with Gasteiger partial charge in [0.25, 0.3) is 0 Å². The minimum absolute atomic E-state index is 0.985. The molecule has 1 heterocycles. The van der Waals surface area contributed by atoms with E-state index in [1.165, 1.54) is 17.1 Å². The van der Waals surface area contributed by atoms with Gasteiger partial charge in [0.1, 0.15) is 5.82 Å². The van der Waals surface area contributed by atoms with Crippen molar-refractivity contribution in [1.29, 1.82) is 0 Å². The summed E-state index contributed by atoms with van der Waals surface area (Å²) >= 11 is 1.47. The number of hydrogen-bond acceptors (Lipinski definition) is 3. The minimum Gasteiger partial charge on any atom is -0.349 e. The Hall–Kier alpha value is -1.35. The highest BCUT2D eigenvalue weighted by molar-refractivity contribution is 7.03. The molecule has 1 aromatic heterocycles. The third kappa shape index (κ3) is 2.12. The molecule has 0 spiro atoms. The third-order valence-electron chi connectivity index (χ3n) is 1.93. The molecule has 0 amide bonds. The Morgan fingerprint density at radius 2 is 2.00 bits per heavy atom. The van der Waals surface area contributed by atoms with Crippen LogP contribution < -0.4 is 4.90 Å². The molecule has 0 aliphatic heterocycles. The van der Waals surface area contributed by atoms with Crippen LogP contribution in [0.3, 0.4) is 0 Å². The zero-order chi connectivity index (χ0) is 9.80. The van der Waals surface area contributed by atoms with E-state index >= 15 is 0 Å². The molecule has 2 rings (SSSR count). The quantitative estimate of drug-likeness (QED) is 0.762. The number of nitrogens with zero attached hydrogens (tertiary/aromatic N) is 2. The standard InChI is InChI=1S/C11H11N2S/c1-13(11-7-8-14-12-11)9-10-5-3-2-4-6-10/h2-9H,1H3. The zero-order valence-corrected chi connectivity index (χ0v) is 8.74. The van der Waals surface area contributed by atoms with E-state index in [1.807, 2.05) is 41.6 Å². The van der Waals surface area contributed by atoms with Crippen LogP contribution >= 0.6 is 11.5 Å². The number of anilines is 1. The fraction of sp³-hybridized carbons (Fsp3) is 0.0909. The molecule has 0 aliphatic carbocycles. The maximum Gasteiger partial charge on any atom is 0.142 e. The van der Waals surface area contributed by atoms with Gasteiger partial charge in [-0.1, -0.05) is 30.3 Å². The normalized spacial score (nSPS) is 10.1. The summed E-state index contributed by atoms with van der Waals surface area (Å²) in [7, 11) is 2.00. The lowest BCUT2D eigenvalue weighted by molar-refractivity contribution is 1.09. The first-order valence-electron chi connectivity index (χ1n) is 4.39. The summed E-state index contributed by atoms with van der Waals surface area (Å²) in [5.74, 6) is 0.985. The van der Waals surface area contributed by atoms with Gasteiger partial charge in [0.05, 0.1) is 6.54 Å². The van der Waals surface area contributed by atoms with Gasteiger partial charge in [-0.05, 0) is 23.2 Å². The molecule has 1 aromatic carbocycles. The van der Waals surface area contributed by atoms with Gasteiger partial charge in [0.15, 0.2) is 0 Å². The Kier molecular flexibility index (Phi) is 2.79. The van der Waals surface area contributed by atoms with E-state index in [2.05, 4.69) is 23.1 Å². The maximum atomic E-state index is 4.25. The second-order valence-corrected chi connectivity index (χ2v) is 3.67. The highest BCUT2D eigenvalue weighted by atomic mass is 32.1. The van der Waals surface area contributed by atoms with Gasteiger partial charge in [0, 0.05) is 12.4 Å². The predicted octanol–water partition coefficient (Wildman–Crippen LogP) is 2.79. The number of hydrogen-bond donors (Lipinski definition) is 0. The molecule has 3 heteroatoms. The predicted molar refractivity (Wildman–Crippen MR) is 60.4 cm³/mol. The van der Waals surface area contributed by atoms with E-state index in [4.69, 9.17) is 0 Å². The number of rotatable bonds is 3. The van der Waals surface area contributed by atoms with E-state index in [-0.39, 0.29) is 0 Å². The van der Waals surface area contributed by atoms with E-state index in [0.29, 0.717) is 0 Å². The van der Waals surface area contributed by atoms with Crippen molar-refractivity contribution in [3.63, 3.8) is 0 Å². The molecule has 0 fully saturated rings. The van der Waals surface area contributed by atoms with Crippen LogP contribution in [0.15, 0.2) is 41.8 Å². The van der Waals surface area contributed by atoms with Gasteiger partial charge < -0.3 is 4.90 Å². The fourth-order valence-corrected chi connectivity index (χ4v) is 1.76. The first-order chi connectivity index (χ1) is 6.86. The molecule has 0 bridgehead atoms. The molecule has 2 aromatic rings. The Bertz CT molecular complexity index is 369. The number of aromatic nitrogens is 1. The van der Waals surface area contributed by atoms with Crippen molar-refractivity contribution >= 4 is 17.4 Å². The lowest BCUT2D eigenvalue weighted by Crippen LogP contribution is -2.13. The maximum absolute atomic E-state index is 4.25. The van der Waals surface area contributed by atoms with E-state index in [9.17, 15) is 0 Å². The van der Waals surface area contributed by atoms with E-state index in [0.717, 1.165) is 5.82 Å². The average Bonchev–Trinajstić information content (AvgIpc) is 2.72. The summed E-state index contributed by atoms with van der Waals surface area (Å²) in [6, 6.07) is 12.2. The Labute approximate surface area is 88.0 Å². The summed E-state index contributed by atoms with van der Waals surface area (Å²) < 4.78 is 4.25. The summed E-state index contributed by atoms with van der Waals surface area (Å²) in [5.41, 5.74) is 1.18. The van der Waals surface area contributed by atoms with Gasteiger partial charge in [-0.25, -0.2) is 0 Å². The summed E-state index contributed by atoms with van der Waals surface area (Å²) in [6.45, 7) is 2.06. The topological polar surface area (TPSA) is 16.1 Å². The van der Waals surface area contributed by atoms with Crippen molar-refractivity contribution in [3.05, 3.63) is 53.9 Å². The SMILES string of the molecule is CN([CH]c1ccccc1)c1ccsn1. The van der Waals surface area contributed by atoms with Crippen molar-refractivity contribution in [2.45, 2.75) is 0 Å². The van der Waals surface area contributed by atoms with E-state index in [1.54, 1.807) is 0 Å². The zero-order valence-electron chi connectivity index (χ0n) is 7.92. The first kappa shape index (κ1) is 9.21. The molecule has 0 atom stereocenters. The monoisotopic (exact) mass is 203 g/mol. The molecular weight excluding hydrogens is 192 g/mol. The van der Waals surface area contributed by atoms with Crippen molar-refractivity contribution < 1.29 is 0 Å². The molecule has 14 heavy (non-hydrogen) atoms. The second kappa shape index (κ2) is 4.24. The Morgan fingerprint density at radius 1 is 1.21 bits per heavy atom. The highest BCUT2D eigenvalue weighted by Gasteiger charge is 2.03. The largest absolute Gasteiger partial charge is 0.349 e. The molecule has 71 valence electrons. The highest BCUT2D eigenvalue weighted by Crippen LogP contribution is 2.15. The lowest BCUT2D eigenvalue weighted by atomic mass is 10.2. The van der Waals surface area contributed by atoms with Crippen LogP contribution in [0.2, 0.25) is 0 Å². The summed E-state index contributed by atoms with van der Waals surface area (Å²) in [4.78, 5) is 2.02. The summed E-state index contributed by atoms with van der Waals surface area (Å²) in [5, 5.41) is 1.98. The van der Waals surface area contributed by atoms with Crippen molar-refractivity contribution in [2.24, 2.45) is 0 Å². The molecular formula is C11H11N2S. The number of benzene rings is 1. The van der Waals surface area contributed by atoms with Gasteiger partial charge in [0.2, 0.25) is 0 Å². The molecule has 0 saturated carbocycles. The molecule has 0 unspecified atom stereocenters. The van der Waals surface area contributed by atoms with Crippen LogP contribution in [0.4, 0.5) is 5.82 Å². The second-order valence-electron chi connectivity index (χ2n) is 3.01. The van der Waals surface area contributed by atoms with Crippen LogP contribution in [0, 0.1) is 6.54 Å². The Balaban J connectivity index is 2.06. The van der Waals surface area contributed by atoms with Crippen molar-refractivity contribution in [1.82, 2.24) is 4.37 Å². The minimum atomic E-state index is 0.985. The Morgan fingerprint density at radius 3 is 2.64 bits per heavy atom. The van der Waals surface area contributed by atoms with Crippen molar-refractivity contribution in [2.75, 3.05) is 11.9 Å². The van der Waals surface area contributed by atoms with Gasteiger partial charge in [-0.3, -0.25) is 0 Å². The van der Waals surface area contributed by atoms with Crippen molar-refractivity contribution in [3.8, 4) is 0 Å². The van der Waals surface area contributed by atoms with Crippen LogP contribution in [0.1, 0.15) is 5.56 Å². The smallest absolute Gasteiger partial charge is 0.142 e. The van der Waals surface area contributed by atoms with Crippen LogP contribution in [-0.2, 0) is 0 Å². The van der Waals surface area contributed by atoms with Gasteiger partial charge in [-0.15, -0.1) is 0 Å². The first-order valence-corrected chi connectivity index (χ1v) is 5.23. The molecule has 0 aliphatic rings. The summed E-state index contributed by atoms with van der Waals surface area (Å²) in [6.07, 6.45) is 0. The molecule has 0 saturated heterocycles. The lowest BCUT2D eigenvalue weighted by Gasteiger charge is -2.14. The van der Waals surface area contributed by atoms with E-state index < -0.39 is 0 Å². The van der Waals surface area contributed by atoms with Gasteiger partial charge >= 0.3 is 0 Å². The van der Waals surface area contributed by atoms with Crippen LogP contribution in [0.25, 0.3) is 0 Å². The fourth-order valence-electron chi connectivity index (χ4n) is 1.22.